The highest BCUT2D eigenvalue weighted by Gasteiger charge is 2.18. The summed E-state index contributed by atoms with van der Waals surface area (Å²) in [7, 11) is 0. The van der Waals surface area contributed by atoms with Gasteiger partial charge in [-0.05, 0) is 12.8 Å². The van der Waals surface area contributed by atoms with E-state index in [4.69, 9.17) is 0 Å². The molecule has 0 saturated carbocycles. The predicted molar refractivity (Wildman–Crippen MR) is 78.5 cm³/mol. The summed E-state index contributed by atoms with van der Waals surface area (Å²) in [6.07, 6.45) is 7.52. The van der Waals surface area contributed by atoms with Crippen LogP contribution in [0.1, 0.15) is 53.4 Å². The fraction of sp³-hybridized carbons (Fsp3) is 0.867. The second-order valence-electron chi connectivity index (χ2n) is 6.05. The van der Waals surface area contributed by atoms with Crippen molar-refractivity contribution in [1.29, 1.82) is 0 Å². The van der Waals surface area contributed by atoms with Gasteiger partial charge in [0.25, 0.3) is 14.1 Å². The van der Waals surface area contributed by atoms with Crippen LogP contribution >= 0.6 is 0 Å². The van der Waals surface area contributed by atoms with Crippen LogP contribution in [0.3, 0.4) is 0 Å². The Hall–Kier alpha value is 0.272. The van der Waals surface area contributed by atoms with Crippen LogP contribution in [-0.2, 0) is 0 Å². The Bertz CT molecular complexity index is 151. The van der Waals surface area contributed by atoms with E-state index < -0.39 is 14.1 Å². The lowest BCUT2D eigenvalue weighted by atomic mass is 10.2. The van der Waals surface area contributed by atoms with Gasteiger partial charge in [-0.25, -0.2) is 0 Å². The van der Waals surface area contributed by atoms with E-state index in [0.717, 1.165) is 11.8 Å². The first-order valence-electron chi connectivity index (χ1n) is 7.17. The Balaban J connectivity index is 3.69. The molecule has 0 atom stereocenters. The standard InChI is InChI=1S/C7H13.2C4H9.Al/c1-3-5-7-6-4-2;2*1-4(2)3;/h3H,1-2,4-7H2;2*4H,1H2,2-3H3;. The Morgan fingerprint density at radius 3 is 1.94 bits per heavy atom. The largest absolute Gasteiger partial charge is 0.262 e. The zero-order valence-electron chi connectivity index (χ0n) is 12.0. The molecule has 0 N–H and O–H groups in total. The third-order valence-corrected chi connectivity index (χ3v) is 7.57. The number of unbranched alkanes of at least 4 members (excludes halogenated alkanes) is 3. The van der Waals surface area contributed by atoms with Gasteiger partial charge in [-0.3, -0.25) is 0 Å². The minimum absolute atomic E-state index is 0.427. The molecule has 0 aliphatic heterocycles. The highest BCUT2D eigenvalue weighted by atomic mass is 27.2. The Kier molecular flexibility index (Phi) is 10.6. The van der Waals surface area contributed by atoms with Crippen molar-refractivity contribution in [2.24, 2.45) is 11.8 Å². The molecule has 0 aromatic rings. The van der Waals surface area contributed by atoms with Crippen LogP contribution in [0.15, 0.2) is 12.7 Å². The summed E-state index contributed by atoms with van der Waals surface area (Å²) in [6.45, 7) is 13.3. The molecule has 0 spiro atoms. The maximum atomic E-state index is 3.78. The van der Waals surface area contributed by atoms with E-state index in [9.17, 15) is 0 Å². The molecule has 0 aliphatic rings. The van der Waals surface area contributed by atoms with E-state index in [-0.39, 0.29) is 0 Å². The van der Waals surface area contributed by atoms with Crippen LogP contribution in [0.5, 0.6) is 0 Å². The molecule has 0 rings (SSSR count). The lowest BCUT2D eigenvalue weighted by molar-refractivity contribution is 0.672. The summed E-state index contributed by atoms with van der Waals surface area (Å²) in [5.41, 5.74) is 0. The van der Waals surface area contributed by atoms with Crippen molar-refractivity contribution in [3.05, 3.63) is 12.7 Å². The number of allylic oxidation sites excluding steroid dienone is 1. The van der Waals surface area contributed by atoms with Gasteiger partial charge in [-0.15, -0.1) is 6.58 Å². The van der Waals surface area contributed by atoms with E-state index >= 15 is 0 Å². The molecule has 0 aliphatic carbocycles. The second kappa shape index (κ2) is 10.4. The Morgan fingerprint density at radius 2 is 1.50 bits per heavy atom. The zero-order valence-corrected chi connectivity index (χ0v) is 13.1. The third-order valence-electron chi connectivity index (χ3n) is 3.13. The van der Waals surface area contributed by atoms with E-state index in [1.54, 1.807) is 15.8 Å². The first-order valence-corrected chi connectivity index (χ1v) is 9.62. The quantitative estimate of drug-likeness (QED) is 0.266. The van der Waals surface area contributed by atoms with Crippen LogP contribution in [0.25, 0.3) is 0 Å². The van der Waals surface area contributed by atoms with Gasteiger partial charge in [0.05, 0.1) is 0 Å². The highest BCUT2D eigenvalue weighted by molar-refractivity contribution is 6.58. The molecule has 0 fully saturated rings. The number of hydrogen-bond donors (Lipinski definition) is 0. The maximum Gasteiger partial charge on any atom is 0.262 e. The first kappa shape index (κ1) is 16.3. The van der Waals surface area contributed by atoms with Gasteiger partial charge in [0.1, 0.15) is 0 Å². The van der Waals surface area contributed by atoms with Gasteiger partial charge < -0.3 is 0 Å². The summed E-state index contributed by atoms with van der Waals surface area (Å²) in [6, 6.07) is 0. The summed E-state index contributed by atoms with van der Waals surface area (Å²) in [5.74, 6) is 1.84. The predicted octanol–water partition coefficient (Wildman–Crippen LogP) is 5.54. The fourth-order valence-electron chi connectivity index (χ4n) is 2.56. The van der Waals surface area contributed by atoms with Crippen molar-refractivity contribution in [3.8, 4) is 0 Å². The summed E-state index contributed by atoms with van der Waals surface area (Å²) in [4.78, 5) is 0. The van der Waals surface area contributed by atoms with Crippen LogP contribution in [0.2, 0.25) is 15.8 Å². The van der Waals surface area contributed by atoms with Crippen LogP contribution in [0, 0.1) is 11.8 Å². The van der Waals surface area contributed by atoms with Gasteiger partial charge in [-0.1, -0.05) is 74.3 Å². The summed E-state index contributed by atoms with van der Waals surface area (Å²) in [5, 5.41) is 4.69. The molecule has 0 aromatic carbocycles. The molecule has 0 nitrogen and oxygen atoms in total. The van der Waals surface area contributed by atoms with E-state index in [0.29, 0.717) is 0 Å². The van der Waals surface area contributed by atoms with Crippen molar-refractivity contribution >= 4 is 14.1 Å². The van der Waals surface area contributed by atoms with Crippen molar-refractivity contribution in [3.63, 3.8) is 0 Å². The van der Waals surface area contributed by atoms with E-state index in [1.807, 2.05) is 0 Å². The van der Waals surface area contributed by atoms with Gasteiger partial charge in [0, 0.05) is 0 Å². The first-order chi connectivity index (χ1) is 7.56. The minimum atomic E-state index is -0.427. The molecule has 0 amide bonds. The topological polar surface area (TPSA) is 0 Å². The molecule has 0 bridgehead atoms. The van der Waals surface area contributed by atoms with Gasteiger partial charge in [0.15, 0.2) is 0 Å². The summed E-state index contributed by atoms with van der Waals surface area (Å²) >= 11 is -0.427. The molecule has 0 radical (unpaired) electrons. The molecule has 0 aromatic heterocycles. The van der Waals surface area contributed by atoms with Crippen molar-refractivity contribution in [2.75, 3.05) is 0 Å². The molecular weight excluding hydrogens is 207 g/mol. The van der Waals surface area contributed by atoms with E-state index in [2.05, 4.69) is 40.3 Å². The Morgan fingerprint density at radius 1 is 0.938 bits per heavy atom. The normalized spacial score (nSPS) is 11.1. The minimum Gasteiger partial charge on any atom is -0.103 e. The average Bonchev–Trinajstić information content (AvgIpc) is 2.15. The van der Waals surface area contributed by atoms with Crippen LogP contribution in [0.4, 0.5) is 0 Å². The number of hydrogen-bond acceptors (Lipinski definition) is 0. The zero-order chi connectivity index (χ0) is 12.4. The molecule has 0 heterocycles. The highest BCUT2D eigenvalue weighted by Crippen LogP contribution is 2.20. The molecule has 1 heteroatoms. The average molecular weight is 238 g/mol. The molecule has 0 unspecified atom stereocenters. The van der Waals surface area contributed by atoms with Gasteiger partial charge in [-0.2, -0.15) is 0 Å². The van der Waals surface area contributed by atoms with Crippen molar-refractivity contribution < 1.29 is 0 Å². The summed E-state index contributed by atoms with van der Waals surface area (Å²) < 4.78 is 0. The fourth-order valence-corrected chi connectivity index (χ4v) is 6.76. The maximum absolute atomic E-state index is 3.78. The van der Waals surface area contributed by atoms with Gasteiger partial charge in [0.2, 0.25) is 0 Å². The SMILES string of the molecule is C=CCCCC[CH2][Al]([CH2]C(C)C)[CH2]C(C)C. The molecule has 0 saturated heterocycles. The number of rotatable bonds is 10. The monoisotopic (exact) mass is 238 g/mol. The van der Waals surface area contributed by atoms with Crippen LogP contribution in [-0.4, -0.2) is 14.1 Å². The molecular formula is C15H31Al. The molecule has 94 valence electrons. The molecule has 16 heavy (non-hydrogen) atoms. The Labute approximate surface area is 108 Å². The smallest absolute Gasteiger partial charge is 0.103 e. The lowest BCUT2D eigenvalue weighted by Crippen LogP contribution is -2.17. The third kappa shape index (κ3) is 10.8. The van der Waals surface area contributed by atoms with Crippen molar-refractivity contribution in [2.45, 2.75) is 69.2 Å². The second-order valence-corrected chi connectivity index (χ2v) is 9.30. The lowest BCUT2D eigenvalue weighted by Gasteiger charge is -2.16. The van der Waals surface area contributed by atoms with Crippen LogP contribution < -0.4 is 0 Å². The van der Waals surface area contributed by atoms with E-state index in [1.165, 1.54) is 25.7 Å². The van der Waals surface area contributed by atoms with Gasteiger partial charge >= 0.3 is 0 Å². The van der Waals surface area contributed by atoms with Crippen molar-refractivity contribution in [1.82, 2.24) is 0 Å².